The molecule has 0 unspecified atom stereocenters. The highest BCUT2D eigenvalue weighted by atomic mass is 35.5. The predicted octanol–water partition coefficient (Wildman–Crippen LogP) is 3.31. The standard InChI is InChI=1S/C16H14ClNO5/c1-22-13-8-12(14(23-2)7-11(13)17)18-15(19)9-5-3-4-6-10(9)16(20)21/h3-8H,1-2H3,(H,18,19)(H,20,21). The zero-order chi connectivity index (χ0) is 17.0. The summed E-state index contributed by atoms with van der Waals surface area (Å²) in [5, 5.41) is 12.1. The van der Waals surface area contributed by atoms with Crippen molar-refractivity contribution in [3.8, 4) is 11.5 Å². The van der Waals surface area contributed by atoms with E-state index in [0.29, 0.717) is 22.2 Å². The Hall–Kier alpha value is -2.73. The number of aromatic carboxylic acids is 1. The number of benzene rings is 2. The fourth-order valence-corrected chi connectivity index (χ4v) is 2.25. The lowest BCUT2D eigenvalue weighted by Gasteiger charge is -2.13. The van der Waals surface area contributed by atoms with Crippen LogP contribution >= 0.6 is 11.6 Å². The highest BCUT2D eigenvalue weighted by Gasteiger charge is 2.18. The quantitative estimate of drug-likeness (QED) is 0.875. The van der Waals surface area contributed by atoms with Crippen molar-refractivity contribution >= 4 is 29.2 Å². The van der Waals surface area contributed by atoms with Crippen molar-refractivity contribution in [2.75, 3.05) is 19.5 Å². The first-order valence-electron chi connectivity index (χ1n) is 6.53. The Kier molecular flexibility index (Phi) is 5.08. The van der Waals surface area contributed by atoms with Crippen LogP contribution in [0.3, 0.4) is 0 Å². The van der Waals surface area contributed by atoms with E-state index >= 15 is 0 Å². The van der Waals surface area contributed by atoms with Crippen LogP contribution in [0.15, 0.2) is 36.4 Å². The largest absolute Gasteiger partial charge is 0.495 e. The number of ether oxygens (including phenoxy) is 2. The van der Waals surface area contributed by atoms with Crippen LogP contribution in [0, 0.1) is 0 Å². The number of amides is 1. The molecule has 0 saturated heterocycles. The lowest BCUT2D eigenvalue weighted by molar-refractivity contribution is 0.0692. The first-order valence-corrected chi connectivity index (χ1v) is 6.91. The molecule has 0 fully saturated rings. The van der Waals surface area contributed by atoms with Gasteiger partial charge in [0.25, 0.3) is 5.91 Å². The summed E-state index contributed by atoms with van der Waals surface area (Å²) in [5.41, 5.74) is 0.264. The molecule has 2 N–H and O–H groups in total. The molecule has 0 spiro atoms. The topological polar surface area (TPSA) is 84.9 Å². The molecule has 23 heavy (non-hydrogen) atoms. The summed E-state index contributed by atoms with van der Waals surface area (Å²) in [6.07, 6.45) is 0. The van der Waals surface area contributed by atoms with E-state index in [4.69, 9.17) is 26.2 Å². The van der Waals surface area contributed by atoms with Gasteiger partial charge < -0.3 is 19.9 Å². The van der Waals surface area contributed by atoms with Gasteiger partial charge in [-0.2, -0.15) is 0 Å². The van der Waals surface area contributed by atoms with E-state index in [1.807, 2.05) is 0 Å². The van der Waals surface area contributed by atoms with Gasteiger partial charge in [0.05, 0.1) is 36.1 Å². The predicted molar refractivity (Wildman–Crippen MR) is 85.9 cm³/mol. The van der Waals surface area contributed by atoms with Crippen LogP contribution in [0.2, 0.25) is 5.02 Å². The van der Waals surface area contributed by atoms with Gasteiger partial charge in [-0.25, -0.2) is 4.79 Å². The highest BCUT2D eigenvalue weighted by molar-refractivity contribution is 6.32. The SMILES string of the molecule is COc1cc(NC(=O)c2ccccc2C(=O)O)c(OC)cc1Cl. The fraction of sp³-hybridized carbons (Fsp3) is 0.125. The average molecular weight is 336 g/mol. The summed E-state index contributed by atoms with van der Waals surface area (Å²) in [5.74, 6) is -1.08. The van der Waals surface area contributed by atoms with Crippen LogP contribution in [0.5, 0.6) is 11.5 Å². The van der Waals surface area contributed by atoms with Crippen molar-refractivity contribution < 1.29 is 24.2 Å². The smallest absolute Gasteiger partial charge is 0.336 e. The second kappa shape index (κ2) is 7.02. The van der Waals surface area contributed by atoms with Crippen molar-refractivity contribution in [1.82, 2.24) is 0 Å². The summed E-state index contributed by atoms with van der Waals surface area (Å²) in [7, 11) is 2.87. The molecule has 1 amide bonds. The molecule has 0 aliphatic carbocycles. The molecule has 0 aromatic heterocycles. The van der Waals surface area contributed by atoms with Crippen LogP contribution in [0.1, 0.15) is 20.7 Å². The van der Waals surface area contributed by atoms with Gasteiger partial charge >= 0.3 is 5.97 Å². The lowest BCUT2D eigenvalue weighted by atomic mass is 10.1. The van der Waals surface area contributed by atoms with E-state index in [1.54, 1.807) is 12.1 Å². The van der Waals surface area contributed by atoms with Crippen molar-refractivity contribution in [2.24, 2.45) is 0 Å². The second-order valence-corrected chi connectivity index (χ2v) is 4.90. The van der Waals surface area contributed by atoms with Crippen LogP contribution in [-0.2, 0) is 0 Å². The maximum absolute atomic E-state index is 12.4. The normalized spacial score (nSPS) is 10.0. The molecule has 0 radical (unpaired) electrons. The molecule has 0 atom stereocenters. The van der Waals surface area contributed by atoms with Gasteiger partial charge in [0.1, 0.15) is 11.5 Å². The molecule has 6 nitrogen and oxygen atoms in total. The molecular formula is C16H14ClNO5. The monoisotopic (exact) mass is 335 g/mol. The maximum atomic E-state index is 12.4. The molecule has 2 rings (SSSR count). The molecule has 0 heterocycles. The Bertz CT molecular complexity index is 760. The molecule has 0 bridgehead atoms. The van der Waals surface area contributed by atoms with E-state index in [9.17, 15) is 9.59 Å². The van der Waals surface area contributed by atoms with E-state index in [0.717, 1.165) is 0 Å². The molecule has 0 saturated carbocycles. The molecular weight excluding hydrogens is 322 g/mol. The Morgan fingerprint density at radius 1 is 1.04 bits per heavy atom. The first kappa shape index (κ1) is 16.6. The van der Waals surface area contributed by atoms with Gasteiger partial charge in [-0.15, -0.1) is 0 Å². The lowest BCUT2D eigenvalue weighted by Crippen LogP contribution is -2.16. The third-order valence-electron chi connectivity index (χ3n) is 3.12. The van der Waals surface area contributed by atoms with Crippen molar-refractivity contribution in [3.63, 3.8) is 0 Å². The Morgan fingerprint density at radius 2 is 1.65 bits per heavy atom. The van der Waals surface area contributed by atoms with Gasteiger partial charge in [-0.05, 0) is 12.1 Å². The zero-order valence-corrected chi connectivity index (χ0v) is 13.2. The molecule has 0 aliphatic heterocycles. The number of halogens is 1. The van der Waals surface area contributed by atoms with Gasteiger partial charge in [0, 0.05) is 12.1 Å². The van der Waals surface area contributed by atoms with Crippen molar-refractivity contribution in [1.29, 1.82) is 0 Å². The Labute approximate surface area is 137 Å². The van der Waals surface area contributed by atoms with E-state index in [1.165, 1.54) is 38.5 Å². The number of carboxylic acids is 1. The number of hydrogen-bond acceptors (Lipinski definition) is 4. The van der Waals surface area contributed by atoms with Crippen LogP contribution in [0.25, 0.3) is 0 Å². The summed E-state index contributed by atoms with van der Waals surface area (Å²) < 4.78 is 10.3. The second-order valence-electron chi connectivity index (χ2n) is 4.49. The summed E-state index contributed by atoms with van der Waals surface area (Å²) in [6.45, 7) is 0. The van der Waals surface area contributed by atoms with Gasteiger partial charge in [0.2, 0.25) is 0 Å². The summed E-state index contributed by atoms with van der Waals surface area (Å²) in [4.78, 5) is 23.6. The fourth-order valence-electron chi connectivity index (χ4n) is 2.02. The van der Waals surface area contributed by atoms with Crippen LogP contribution < -0.4 is 14.8 Å². The third kappa shape index (κ3) is 3.54. The molecule has 2 aromatic carbocycles. The molecule has 2 aromatic rings. The Morgan fingerprint density at radius 3 is 2.22 bits per heavy atom. The first-order chi connectivity index (χ1) is 11.0. The number of carbonyl (C=O) groups is 2. The summed E-state index contributed by atoms with van der Waals surface area (Å²) in [6, 6.07) is 8.92. The van der Waals surface area contributed by atoms with Crippen molar-refractivity contribution in [3.05, 3.63) is 52.5 Å². The minimum Gasteiger partial charge on any atom is -0.495 e. The number of nitrogens with one attached hydrogen (secondary N) is 1. The number of rotatable bonds is 5. The maximum Gasteiger partial charge on any atom is 0.336 e. The van der Waals surface area contributed by atoms with Gasteiger partial charge in [-0.3, -0.25) is 4.79 Å². The number of anilines is 1. The van der Waals surface area contributed by atoms with Gasteiger partial charge in [0.15, 0.2) is 0 Å². The van der Waals surface area contributed by atoms with Crippen LogP contribution in [-0.4, -0.2) is 31.2 Å². The highest BCUT2D eigenvalue weighted by Crippen LogP contribution is 2.36. The van der Waals surface area contributed by atoms with Crippen LogP contribution in [0.4, 0.5) is 5.69 Å². The number of hydrogen-bond donors (Lipinski definition) is 2. The minimum absolute atomic E-state index is 0.0379. The number of methoxy groups -OCH3 is 2. The van der Waals surface area contributed by atoms with E-state index in [2.05, 4.69) is 5.32 Å². The summed E-state index contributed by atoms with van der Waals surface area (Å²) >= 11 is 6.01. The van der Waals surface area contributed by atoms with Crippen molar-refractivity contribution in [2.45, 2.75) is 0 Å². The van der Waals surface area contributed by atoms with E-state index in [-0.39, 0.29) is 11.1 Å². The van der Waals surface area contributed by atoms with E-state index < -0.39 is 11.9 Å². The number of carboxylic acid groups (broad SMARTS) is 1. The average Bonchev–Trinajstić information content (AvgIpc) is 2.55. The van der Waals surface area contributed by atoms with Gasteiger partial charge in [-0.1, -0.05) is 23.7 Å². The Balaban J connectivity index is 2.39. The third-order valence-corrected chi connectivity index (χ3v) is 3.42. The zero-order valence-electron chi connectivity index (χ0n) is 12.4. The molecule has 7 heteroatoms. The molecule has 0 aliphatic rings. The number of carbonyl (C=O) groups excluding carboxylic acids is 1. The molecule has 120 valence electrons. The minimum atomic E-state index is -1.18.